The molecule has 0 saturated heterocycles. The Morgan fingerprint density at radius 3 is 2.12 bits per heavy atom. The number of hydrogen-bond donors (Lipinski definition) is 3. The summed E-state index contributed by atoms with van der Waals surface area (Å²) in [6, 6.07) is 4.62. The number of phenolic OH excluding ortho intramolecular Hbond substituents is 1. The highest BCUT2D eigenvalue weighted by Crippen LogP contribution is 2.27. The van der Waals surface area contributed by atoms with Gasteiger partial charge >= 0.3 is 11.9 Å². The van der Waals surface area contributed by atoms with Crippen LogP contribution < -0.4 is 4.90 Å². The fourth-order valence-electron chi connectivity index (χ4n) is 1.45. The first-order valence-electron chi connectivity index (χ1n) is 4.88. The Morgan fingerprint density at radius 1 is 1.18 bits per heavy atom. The standard InChI is InChI=1S/C11H13NO5/c1-7-2-3-8(9(13)4-7)12(5-10(14)15)6-11(16)17/h2-4,13H,5-6H2,1H3,(H,14,15)(H,16,17). The number of nitrogens with zero attached hydrogens (tertiary/aromatic N) is 1. The number of aliphatic carboxylic acids is 2. The molecular weight excluding hydrogens is 226 g/mol. The van der Waals surface area contributed by atoms with Crippen LogP contribution in [0.3, 0.4) is 0 Å². The summed E-state index contributed by atoms with van der Waals surface area (Å²) in [5, 5.41) is 27.0. The van der Waals surface area contributed by atoms with Gasteiger partial charge in [0.25, 0.3) is 0 Å². The highest BCUT2D eigenvalue weighted by atomic mass is 16.4. The second-order valence-corrected chi connectivity index (χ2v) is 3.64. The Labute approximate surface area is 97.7 Å². The summed E-state index contributed by atoms with van der Waals surface area (Å²) in [5.74, 6) is -2.45. The molecule has 0 radical (unpaired) electrons. The van der Waals surface area contributed by atoms with E-state index >= 15 is 0 Å². The minimum absolute atomic E-state index is 0.132. The number of aryl methyl sites for hydroxylation is 1. The van der Waals surface area contributed by atoms with E-state index in [1.165, 1.54) is 12.1 Å². The maximum atomic E-state index is 10.6. The molecule has 92 valence electrons. The third-order valence-corrected chi connectivity index (χ3v) is 2.12. The highest BCUT2D eigenvalue weighted by Gasteiger charge is 2.17. The maximum Gasteiger partial charge on any atom is 0.323 e. The molecule has 0 aromatic heterocycles. The van der Waals surface area contributed by atoms with E-state index in [-0.39, 0.29) is 11.4 Å². The zero-order chi connectivity index (χ0) is 13.0. The third-order valence-electron chi connectivity index (χ3n) is 2.12. The van der Waals surface area contributed by atoms with Crippen molar-refractivity contribution in [1.82, 2.24) is 0 Å². The SMILES string of the molecule is Cc1ccc(N(CC(=O)O)CC(=O)O)c(O)c1. The molecule has 0 aliphatic heterocycles. The van der Waals surface area contributed by atoms with E-state index < -0.39 is 25.0 Å². The van der Waals surface area contributed by atoms with Crippen molar-refractivity contribution < 1.29 is 24.9 Å². The van der Waals surface area contributed by atoms with Crippen molar-refractivity contribution in [2.24, 2.45) is 0 Å². The second kappa shape index (κ2) is 5.20. The monoisotopic (exact) mass is 239 g/mol. The van der Waals surface area contributed by atoms with E-state index in [0.29, 0.717) is 0 Å². The van der Waals surface area contributed by atoms with Gasteiger partial charge < -0.3 is 20.2 Å². The molecule has 0 heterocycles. The van der Waals surface area contributed by atoms with Gasteiger partial charge in [-0.2, -0.15) is 0 Å². The molecule has 0 aliphatic rings. The first-order chi connectivity index (χ1) is 7.90. The van der Waals surface area contributed by atoms with Crippen molar-refractivity contribution in [2.75, 3.05) is 18.0 Å². The van der Waals surface area contributed by atoms with Crippen molar-refractivity contribution in [3.05, 3.63) is 23.8 Å². The zero-order valence-electron chi connectivity index (χ0n) is 9.25. The summed E-state index contributed by atoms with van der Waals surface area (Å²) in [6.45, 7) is 0.800. The molecule has 0 saturated carbocycles. The largest absolute Gasteiger partial charge is 0.506 e. The summed E-state index contributed by atoms with van der Waals surface area (Å²) >= 11 is 0. The summed E-state index contributed by atoms with van der Waals surface area (Å²) in [4.78, 5) is 22.3. The number of anilines is 1. The molecule has 6 heteroatoms. The van der Waals surface area contributed by atoms with Gasteiger partial charge in [-0.25, -0.2) is 0 Å². The van der Waals surface area contributed by atoms with E-state index in [0.717, 1.165) is 10.5 Å². The summed E-state index contributed by atoms with van der Waals surface area (Å²) < 4.78 is 0. The zero-order valence-corrected chi connectivity index (χ0v) is 9.25. The Morgan fingerprint density at radius 2 is 1.71 bits per heavy atom. The van der Waals surface area contributed by atoms with Gasteiger partial charge in [0.15, 0.2) is 0 Å². The molecule has 0 fully saturated rings. The number of rotatable bonds is 5. The Kier molecular flexibility index (Phi) is 3.92. The van der Waals surface area contributed by atoms with E-state index in [2.05, 4.69) is 0 Å². The fraction of sp³-hybridized carbons (Fsp3) is 0.273. The molecule has 0 unspecified atom stereocenters. The van der Waals surface area contributed by atoms with Crippen LogP contribution in [0.4, 0.5) is 5.69 Å². The number of carboxylic acids is 2. The van der Waals surface area contributed by atoms with E-state index in [1.54, 1.807) is 13.0 Å². The number of hydrogen-bond acceptors (Lipinski definition) is 4. The van der Waals surface area contributed by atoms with Crippen LogP contribution in [0.5, 0.6) is 5.75 Å². The average molecular weight is 239 g/mol. The molecule has 0 spiro atoms. The van der Waals surface area contributed by atoms with Gasteiger partial charge in [-0.1, -0.05) is 6.07 Å². The molecule has 1 rings (SSSR count). The molecule has 17 heavy (non-hydrogen) atoms. The fourth-order valence-corrected chi connectivity index (χ4v) is 1.45. The van der Waals surface area contributed by atoms with Crippen LogP contribution in [0.2, 0.25) is 0 Å². The van der Waals surface area contributed by atoms with Crippen molar-refractivity contribution in [3.63, 3.8) is 0 Å². The van der Waals surface area contributed by atoms with Gasteiger partial charge in [0.05, 0.1) is 5.69 Å². The number of carbonyl (C=O) groups is 2. The molecule has 6 nitrogen and oxygen atoms in total. The smallest absolute Gasteiger partial charge is 0.323 e. The van der Waals surface area contributed by atoms with E-state index in [4.69, 9.17) is 10.2 Å². The Bertz CT molecular complexity index is 427. The van der Waals surface area contributed by atoms with Gasteiger partial charge in [-0.3, -0.25) is 9.59 Å². The van der Waals surface area contributed by atoms with Crippen LogP contribution in [0.25, 0.3) is 0 Å². The lowest BCUT2D eigenvalue weighted by molar-refractivity contribution is -0.136. The van der Waals surface area contributed by atoms with Gasteiger partial charge in [-0.15, -0.1) is 0 Å². The minimum atomic E-state index is -1.16. The lowest BCUT2D eigenvalue weighted by Crippen LogP contribution is -2.34. The molecule has 1 aromatic rings. The molecule has 0 atom stereocenters. The number of aromatic hydroxyl groups is 1. The van der Waals surface area contributed by atoms with Crippen LogP contribution >= 0.6 is 0 Å². The molecule has 0 aliphatic carbocycles. The van der Waals surface area contributed by atoms with E-state index in [9.17, 15) is 14.7 Å². The summed E-state index contributed by atoms with van der Waals surface area (Å²) in [6.07, 6.45) is 0. The number of carboxylic acid groups (broad SMARTS) is 2. The second-order valence-electron chi connectivity index (χ2n) is 3.64. The van der Waals surface area contributed by atoms with Crippen LogP contribution in [-0.4, -0.2) is 40.3 Å². The normalized spacial score (nSPS) is 9.94. The predicted molar refractivity (Wildman–Crippen MR) is 60.3 cm³/mol. The van der Waals surface area contributed by atoms with Crippen molar-refractivity contribution in [3.8, 4) is 5.75 Å². The van der Waals surface area contributed by atoms with Gasteiger partial charge in [0.1, 0.15) is 18.8 Å². The Hall–Kier alpha value is -2.24. The first-order valence-corrected chi connectivity index (χ1v) is 4.88. The Balaban J connectivity index is 3.02. The van der Waals surface area contributed by atoms with Crippen LogP contribution in [-0.2, 0) is 9.59 Å². The molecule has 0 amide bonds. The van der Waals surface area contributed by atoms with Crippen LogP contribution in [0, 0.1) is 6.92 Å². The predicted octanol–water partition coefficient (Wildman–Crippen LogP) is 0.676. The van der Waals surface area contributed by atoms with Crippen molar-refractivity contribution >= 4 is 17.6 Å². The molecular formula is C11H13NO5. The first kappa shape index (κ1) is 12.8. The van der Waals surface area contributed by atoms with Gasteiger partial charge in [0, 0.05) is 0 Å². The van der Waals surface area contributed by atoms with Crippen molar-refractivity contribution in [2.45, 2.75) is 6.92 Å². The third kappa shape index (κ3) is 3.67. The highest BCUT2D eigenvalue weighted by molar-refractivity contribution is 5.80. The molecule has 0 bridgehead atoms. The summed E-state index contributed by atoms with van der Waals surface area (Å²) in [7, 11) is 0. The van der Waals surface area contributed by atoms with E-state index in [1.807, 2.05) is 0 Å². The minimum Gasteiger partial charge on any atom is -0.506 e. The quantitative estimate of drug-likeness (QED) is 0.698. The lowest BCUT2D eigenvalue weighted by atomic mass is 10.2. The molecule has 3 N–H and O–H groups in total. The molecule has 1 aromatic carbocycles. The summed E-state index contributed by atoms with van der Waals surface area (Å²) in [5.41, 5.74) is 0.997. The van der Waals surface area contributed by atoms with Gasteiger partial charge in [0.2, 0.25) is 0 Å². The van der Waals surface area contributed by atoms with Crippen molar-refractivity contribution in [1.29, 1.82) is 0 Å². The van der Waals surface area contributed by atoms with Gasteiger partial charge in [-0.05, 0) is 24.6 Å². The van der Waals surface area contributed by atoms with Crippen LogP contribution in [0.15, 0.2) is 18.2 Å². The maximum absolute atomic E-state index is 10.6. The lowest BCUT2D eigenvalue weighted by Gasteiger charge is -2.21. The number of benzene rings is 1. The average Bonchev–Trinajstić information content (AvgIpc) is 2.14. The van der Waals surface area contributed by atoms with Crippen LogP contribution in [0.1, 0.15) is 5.56 Å². The topological polar surface area (TPSA) is 98.1 Å². The number of phenols is 1.